The topological polar surface area (TPSA) is 61.6 Å². The van der Waals surface area contributed by atoms with Crippen LogP contribution in [-0.4, -0.2) is 43.5 Å². The Morgan fingerprint density at radius 2 is 1.44 bits per heavy atom. The summed E-state index contributed by atoms with van der Waals surface area (Å²) in [7, 11) is 0. The number of nitrogens with one attached hydrogen (secondary N) is 1. The van der Waals surface area contributed by atoms with Crippen LogP contribution in [0.5, 0.6) is 0 Å². The van der Waals surface area contributed by atoms with Gasteiger partial charge in [-0.15, -0.1) is 0 Å². The fraction of sp³-hybridized carbons (Fsp3) is 0.207. The number of amides is 1. The summed E-state index contributed by atoms with van der Waals surface area (Å²) in [6.07, 6.45) is 0.741. The third-order valence-corrected chi connectivity index (χ3v) is 6.17. The van der Waals surface area contributed by atoms with Crippen molar-refractivity contribution in [3.8, 4) is 0 Å². The van der Waals surface area contributed by atoms with Crippen molar-refractivity contribution in [2.45, 2.75) is 6.42 Å². The number of rotatable bonds is 8. The number of allylic oxidation sites excluding steroid dienone is 1. The number of nitrogens with two attached hydrogens (primary N) is 1. The highest BCUT2D eigenvalue weighted by Gasteiger charge is 2.18. The number of hydrogen-bond donors (Lipinski definition) is 2. The maximum absolute atomic E-state index is 12.5. The molecule has 0 saturated carbocycles. The van der Waals surface area contributed by atoms with Crippen LogP contribution in [0.25, 0.3) is 5.57 Å². The first-order chi connectivity index (χ1) is 16.5. The standard InChI is InChI=1S/C29H32N4O/c1-22(21-32-16-18-33(19-17-32)26-8-4-3-5-9-26)20-23(2)24-12-14-25(15-13-24)29(34)31-28-11-7-6-10-27(28)30/h3-15H,1-2,16-21,30H2,(H,31,34). The summed E-state index contributed by atoms with van der Waals surface area (Å²) in [6.45, 7) is 13.5. The molecule has 1 saturated heterocycles. The zero-order valence-corrected chi connectivity index (χ0v) is 19.5. The van der Waals surface area contributed by atoms with Gasteiger partial charge in [-0.05, 0) is 54.0 Å². The fourth-order valence-corrected chi connectivity index (χ4v) is 4.24. The minimum atomic E-state index is -0.186. The molecule has 0 bridgehead atoms. The molecule has 1 aliphatic rings. The number of anilines is 3. The first kappa shape index (κ1) is 23.3. The first-order valence-electron chi connectivity index (χ1n) is 11.6. The second-order valence-electron chi connectivity index (χ2n) is 8.75. The highest BCUT2D eigenvalue weighted by atomic mass is 16.1. The molecule has 5 heteroatoms. The maximum Gasteiger partial charge on any atom is 0.255 e. The number of carbonyl (C=O) groups is 1. The van der Waals surface area contributed by atoms with Crippen molar-refractivity contribution < 1.29 is 4.79 Å². The number of benzene rings is 3. The van der Waals surface area contributed by atoms with E-state index in [2.05, 4.69) is 58.6 Å². The summed E-state index contributed by atoms with van der Waals surface area (Å²) < 4.78 is 0. The van der Waals surface area contributed by atoms with E-state index in [4.69, 9.17) is 5.73 Å². The van der Waals surface area contributed by atoms with Gasteiger partial charge in [-0.1, -0.05) is 61.2 Å². The van der Waals surface area contributed by atoms with Crippen molar-refractivity contribution in [3.63, 3.8) is 0 Å². The van der Waals surface area contributed by atoms with E-state index < -0.39 is 0 Å². The van der Waals surface area contributed by atoms with E-state index in [1.54, 1.807) is 12.1 Å². The third-order valence-electron chi connectivity index (χ3n) is 6.17. The van der Waals surface area contributed by atoms with Gasteiger partial charge in [0.25, 0.3) is 5.91 Å². The van der Waals surface area contributed by atoms with Crippen LogP contribution in [0.2, 0.25) is 0 Å². The Morgan fingerprint density at radius 1 is 0.824 bits per heavy atom. The Balaban J connectivity index is 1.25. The van der Waals surface area contributed by atoms with Crippen LogP contribution in [0.3, 0.4) is 0 Å². The molecule has 5 nitrogen and oxygen atoms in total. The van der Waals surface area contributed by atoms with Gasteiger partial charge in [-0.2, -0.15) is 0 Å². The van der Waals surface area contributed by atoms with E-state index in [0.717, 1.165) is 55.9 Å². The summed E-state index contributed by atoms with van der Waals surface area (Å²) in [4.78, 5) is 17.4. The molecule has 0 spiro atoms. The summed E-state index contributed by atoms with van der Waals surface area (Å²) in [5, 5.41) is 2.86. The molecule has 0 unspecified atom stereocenters. The number of para-hydroxylation sites is 3. The van der Waals surface area contributed by atoms with Gasteiger partial charge < -0.3 is 16.0 Å². The molecule has 0 radical (unpaired) electrons. The molecule has 0 atom stereocenters. The monoisotopic (exact) mass is 452 g/mol. The van der Waals surface area contributed by atoms with Crippen molar-refractivity contribution in [1.29, 1.82) is 0 Å². The number of carbonyl (C=O) groups excluding carboxylic acids is 1. The predicted molar refractivity (Wildman–Crippen MR) is 143 cm³/mol. The lowest BCUT2D eigenvalue weighted by atomic mass is 9.99. The Bertz CT molecular complexity index is 1150. The highest BCUT2D eigenvalue weighted by molar-refractivity contribution is 6.05. The zero-order valence-electron chi connectivity index (χ0n) is 19.5. The predicted octanol–water partition coefficient (Wildman–Crippen LogP) is 5.30. The van der Waals surface area contributed by atoms with Crippen molar-refractivity contribution in [3.05, 3.63) is 109 Å². The van der Waals surface area contributed by atoms with Crippen LogP contribution < -0.4 is 16.0 Å². The molecule has 1 heterocycles. The van der Waals surface area contributed by atoms with Gasteiger partial charge in [-0.25, -0.2) is 0 Å². The number of hydrogen-bond acceptors (Lipinski definition) is 4. The van der Waals surface area contributed by atoms with Crippen LogP contribution in [0.1, 0.15) is 22.3 Å². The van der Waals surface area contributed by atoms with E-state index in [9.17, 15) is 4.79 Å². The molecule has 3 aromatic rings. The van der Waals surface area contributed by atoms with Gasteiger partial charge in [0.1, 0.15) is 0 Å². The summed E-state index contributed by atoms with van der Waals surface area (Å²) in [5.74, 6) is -0.186. The number of nitrogens with zero attached hydrogens (tertiary/aromatic N) is 2. The van der Waals surface area contributed by atoms with Crippen LogP contribution in [0.4, 0.5) is 17.1 Å². The van der Waals surface area contributed by atoms with Gasteiger partial charge in [0, 0.05) is 44.0 Å². The lowest BCUT2D eigenvalue weighted by Crippen LogP contribution is -2.46. The average molecular weight is 453 g/mol. The smallest absolute Gasteiger partial charge is 0.255 e. The van der Waals surface area contributed by atoms with Crippen LogP contribution in [0, 0.1) is 0 Å². The van der Waals surface area contributed by atoms with Crippen molar-refractivity contribution in [2.24, 2.45) is 0 Å². The fourth-order valence-electron chi connectivity index (χ4n) is 4.24. The van der Waals surface area contributed by atoms with E-state index in [1.165, 1.54) is 5.69 Å². The van der Waals surface area contributed by atoms with Crippen molar-refractivity contribution in [1.82, 2.24) is 4.90 Å². The largest absolute Gasteiger partial charge is 0.397 e. The third kappa shape index (κ3) is 5.94. The summed E-state index contributed by atoms with van der Waals surface area (Å²) in [6, 6.07) is 25.3. The second kappa shape index (κ2) is 10.9. The average Bonchev–Trinajstić information content (AvgIpc) is 2.86. The first-order valence-corrected chi connectivity index (χ1v) is 11.6. The molecular weight excluding hydrogens is 420 g/mol. The molecule has 1 aliphatic heterocycles. The van der Waals surface area contributed by atoms with Gasteiger partial charge in [-0.3, -0.25) is 9.69 Å². The Kier molecular flexibility index (Phi) is 7.45. The molecule has 0 aliphatic carbocycles. The van der Waals surface area contributed by atoms with E-state index >= 15 is 0 Å². The zero-order chi connectivity index (χ0) is 23.9. The highest BCUT2D eigenvalue weighted by Crippen LogP contribution is 2.23. The van der Waals surface area contributed by atoms with E-state index in [1.807, 2.05) is 36.4 Å². The summed E-state index contributed by atoms with van der Waals surface area (Å²) in [5.41, 5.74) is 12.1. The Labute approximate surface area is 202 Å². The molecule has 1 amide bonds. The quantitative estimate of drug-likeness (QED) is 0.360. The molecule has 4 rings (SSSR count). The van der Waals surface area contributed by atoms with Crippen LogP contribution in [0.15, 0.2) is 97.6 Å². The second-order valence-corrected chi connectivity index (χ2v) is 8.75. The molecular formula is C29H32N4O. The van der Waals surface area contributed by atoms with Crippen LogP contribution >= 0.6 is 0 Å². The molecule has 34 heavy (non-hydrogen) atoms. The van der Waals surface area contributed by atoms with Gasteiger partial charge >= 0.3 is 0 Å². The van der Waals surface area contributed by atoms with Crippen molar-refractivity contribution in [2.75, 3.05) is 48.7 Å². The lowest BCUT2D eigenvalue weighted by Gasteiger charge is -2.36. The molecule has 1 fully saturated rings. The van der Waals surface area contributed by atoms with Gasteiger partial charge in [0.15, 0.2) is 0 Å². The van der Waals surface area contributed by atoms with Crippen LogP contribution in [-0.2, 0) is 0 Å². The van der Waals surface area contributed by atoms with E-state index in [-0.39, 0.29) is 5.91 Å². The number of piperazine rings is 1. The SMILES string of the molecule is C=C(CC(=C)c1ccc(C(=O)Nc2ccccc2N)cc1)CN1CCN(c2ccccc2)CC1. The summed E-state index contributed by atoms with van der Waals surface area (Å²) >= 11 is 0. The van der Waals surface area contributed by atoms with Crippen molar-refractivity contribution >= 4 is 28.5 Å². The Hall–Kier alpha value is -3.83. The van der Waals surface area contributed by atoms with Gasteiger partial charge in [0.05, 0.1) is 11.4 Å². The molecule has 0 aromatic heterocycles. The van der Waals surface area contributed by atoms with Gasteiger partial charge in [0.2, 0.25) is 0 Å². The normalized spacial score (nSPS) is 13.9. The Morgan fingerprint density at radius 3 is 2.12 bits per heavy atom. The molecule has 3 N–H and O–H groups in total. The lowest BCUT2D eigenvalue weighted by molar-refractivity contribution is 0.102. The minimum absolute atomic E-state index is 0.186. The molecule has 3 aromatic carbocycles. The maximum atomic E-state index is 12.5. The molecule has 174 valence electrons. The van der Waals surface area contributed by atoms with E-state index in [0.29, 0.717) is 16.9 Å². The number of nitrogen functional groups attached to an aromatic ring is 1. The minimum Gasteiger partial charge on any atom is -0.397 e.